The average molecular weight is 282 g/mol. The fraction of sp³-hybridized carbons (Fsp3) is 0.429. The summed E-state index contributed by atoms with van der Waals surface area (Å²) in [5.41, 5.74) is 1.12. The Morgan fingerprint density at radius 1 is 1.42 bits per heavy atom. The smallest absolute Gasteiger partial charge is 0.325 e. The van der Waals surface area contributed by atoms with Crippen molar-refractivity contribution in [1.82, 2.24) is 4.90 Å². The molecule has 1 aromatic carbocycles. The molecular formula is C14H16ClNO3. The monoisotopic (exact) mass is 281 g/mol. The molecule has 4 nitrogen and oxygen atoms in total. The third-order valence-electron chi connectivity index (χ3n) is 3.41. The van der Waals surface area contributed by atoms with Crippen LogP contribution < -0.4 is 0 Å². The Bertz CT molecular complexity index is 472. The zero-order valence-corrected chi connectivity index (χ0v) is 11.5. The summed E-state index contributed by atoms with van der Waals surface area (Å²) < 4.78 is 4.58. The molecule has 0 aliphatic carbocycles. The van der Waals surface area contributed by atoms with E-state index >= 15 is 0 Å². The molecule has 102 valence electrons. The standard InChI is InChI=1S/C14H16ClNO3/c1-19-14(18)9-16-7-6-11(8-13(16)17)10-2-4-12(15)5-3-10/h2-5,11H,6-9H2,1H3. The van der Waals surface area contributed by atoms with Crippen LogP contribution in [0.5, 0.6) is 0 Å². The van der Waals surface area contributed by atoms with E-state index in [9.17, 15) is 9.59 Å². The normalized spacial score (nSPS) is 19.4. The van der Waals surface area contributed by atoms with Crippen molar-refractivity contribution in [1.29, 1.82) is 0 Å². The summed E-state index contributed by atoms with van der Waals surface area (Å²) >= 11 is 5.85. The molecule has 0 radical (unpaired) electrons. The predicted molar refractivity (Wildman–Crippen MR) is 72.0 cm³/mol. The lowest BCUT2D eigenvalue weighted by Gasteiger charge is -2.31. The first kappa shape index (κ1) is 13.9. The summed E-state index contributed by atoms with van der Waals surface area (Å²) in [7, 11) is 1.33. The van der Waals surface area contributed by atoms with Crippen LogP contribution in [0.25, 0.3) is 0 Å². The zero-order chi connectivity index (χ0) is 13.8. The second kappa shape index (κ2) is 6.06. The number of methoxy groups -OCH3 is 1. The van der Waals surface area contributed by atoms with Crippen molar-refractivity contribution >= 4 is 23.5 Å². The molecule has 1 saturated heterocycles. The van der Waals surface area contributed by atoms with Crippen molar-refractivity contribution in [3.63, 3.8) is 0 Å². The lowest BCUT2D eigenvalue weighted by molar-refractivity contribution is -0.148. The van der Waals surface area contributed by atoms with E-state index in [2.05, 4.69) is 4.74 Å². The fourth-order valence-corrected chi connectivity index (χ4v) is 2.41. The molecule has 0 aromatic heterocycles. The molecule has 1 heterocycles. The van der Waals surface area contributed by atoms with Crippen molar-refractivity contribution in [2.45, 2.75) is 18.8 Å². The highest BCUT2D eigenvalue weighted by molar-refractivity contribution is 6.30. The first-order valence-electron chi connectivity index (χ1n) is 6.20. The summed E-state index contributed by atoms with van der Waals surface area (Å²) in [6.45, 7) is 0.629. The number of rotatable bonds is 3. The number of carbonyl (C=O) groups is 2. The van der Waals surface area contributed by atoms with Crippen molar-refractivity contribution in [3.8, 4) is 0 Å². The molecule has 0 N–H and O–H groups in total. The van der Waals surface area contributed by atoms with Crippen LogP contribution in [-0.4, -0.2) is 37.0 Å². The topological polar surface area (TPSA) is 46.6 Å². The highest BCUT2D eigenvalue weighted by Gasteiger charge is 2.28. The molecule has 1 aromatic rings. The molecule has 1 fully saturated rings. The predicted octanol–water partition coefficient (Wildman–Crippen LogP) is 2.22. The SMILES string of the molecule is COC(=O)CN1CCC(c2ccc(Cl)cc2)CC1=O. The minimum Gasteiger partial charge on any atom is -0.468 e. The Morgan fingerprint density at radius 2 is 2.11 bits per heavy atom. The minimum absolute atomic E-state index is 0.00315. The first-order valence-corrected chi connectivity index (χ1v) is 6.58. The van der Waals surface area contributed by atoms with Gasteiger partial charge in [-0.15, -0.1) is 0 Å². The van der Waals surface area contributed by atoms with Crippen LogP contribution in [0.4, 0.5) is 0 Å². The van der Waals surface area contributed by atoms with Crippen LogP contribution >= 0.6 is 11.6 Å². The quantitative estimate of drug-likeness (QED) is 0.798. The number of amides is 1. The number of halogens is 1. The molecule has 0 saturated carbocycles. The summed E-state index contributed by atoms with van der Waals surface area (Å²) in [6.07, 6.45) is 1.28. The maximum absolute atomic E-state index is 12.0. The third-order valence-corrected chi connectivity index (χ3v) is 3.66. The largest absolute Gasteiger partial charge is 0.468 e. The molecule has 0 bridgehead atoms. The number of piperidine rings is 1. The van der Waals surface area contributed by atoms with E-state index in [-0.39, 0.29) is 24.3 Å². The van der Waals surface area contributed by atoms with Crippen LogP contribution in [0.3, 0.4) is 0 Å². The number of nitrogens with zero attached hydrogens (tertiary/aromatic N) is 1. The van der Waals surface area contributed by atoms with Gasteiger partial charge in [0.25, 0.3) is 0 Å². The van der Waals surface area contributed by atoms with Gasteiger partial charge in [-0.25, -0.2) is 0 Å². The van der Waals surface area contributed by atoms with Crippen molar-refractivity contribution < 1.29 is 14.3 Å². The Morgan fingerprint density at radius 3 is 2.68 bits per heavy atom. The van der Waals surface area contributed by atoms with Crippen LogP contribution in [0.15, 0.2) is 24.3 Å². The molecule has 1 atom stereocenters. The third kappa shape index (κ3) is 3.47. The van der Waals surface area contributed by atoms with Gasteiger partial charge in [-0.3, -0.25) is 9.59 Å². The number of carbonyl (C=O) groups excluding carboxylic acids is 2. The molecule has 19 heavy (non-hydrogen) atoms. The second-order valence-corrected chi connectivity index (χ2v) is 5.07. The molecule has 2 rings (SSSR count). The Kier molecular flexibility index (Phi) is 4.43. The number of benzene rings is 1. The van der Waals surface area contributed by atoms with Gasteiger partial charge in [0, 0.05) is 18.0 Å². The molecule has 0 spiro atoms. The van der Waals surface area contributed by atoms with E-state index < -0.39 is 0 Å². The maximum atomic E-state index is 12.0. The van der Waals surface area contributed by atoms with Gasteiger partial charge in [-0.1, -0.05) is 23.7 Å². The van der Waals surface area contributed by atoms with Crippen LogP contribution in [0.1, 0.15) is 24.3 Å². The molecule has 1 amide bonds. The summed E-state index contributed by atoms with van der Waals surface area (Å²) in [6, 6.07) is 7.58. The average Bonchev–Trinajstić information content (AvgIpc) is 2.41. The van der Waals surface area contributed by atoms with Crippen LogP contribution in [-0.2, 0) is 14.3 Å². The van der Waals surface area contributed by atoms with Gasteiger partial charge in [0.15, 0.2) is 0 Å². The lowest BCUT2D eigenvalue weighted by Crippen LogP contribution is -2.41. The van der Waals surface area contributed by atoms with E-state index in [1.54, 1.807) is 4.90 Å². The summed E-state index contributed by atoms with van der Waals surface area (Å²) in [4.78, 5) is 24.7. The van der Waals surface area contributed by atoms with Crippen LogP contribution in [0, 0.1) is 0 Å². The van der Waals surface area contributed by atoms with Crippen molar-refractivity contribution in [3.05, 3.63) is 34.9 Å². The highest BCUT2D eigenvalue weighted by Crippen LogP contribution is 2.29. The second-order valence-electron chi connectivity index (χ2n) is 4.63. The molecule has 1 aliphatic rings. The Hall–Kier alpha value is -1.55. The lowest BCUT2D eigenvalue weighted by atomic mass is 9.89. The van der Waals surface area contributed by atoms with E-state index in [1.165, 1.54) is 7.11 Å². The number of likely N-dealkylation sites (tertiary alicyclic amines) is 1. The van der Waals surface area contributed by atoms with E-state index in [0.717, 1.165) is 12.0 Å². The van der Waals surface area contributed by atoms with Gasteiger partial charge < -0.3 is 9.64 Å². The van der Waals surface area contributed by atoms with Gasteiger partial charge in [-0.2, -0.15) is 0 Å². The number of hydrogen-bond acceptors (Lipinski definition) is 3. The number of ether oxygens (including phenoxy) is 1. The van der Waals surface area contributed by atoms with E-state index in [1.807, 2.05) is 24.3 Å². The summed E-state index contributed by atoms with van der Waals surface area (Å²) in [5, 5.41) is 0.693. The number of esters is 1. The molecule has 5 heteroatoms. The van der Waals surface area contributed by atoms with Gasteiger partial charge in [-0.05, 0) is 30.0 Å². The number of hydrogen-bond donors (Lipinski definition) is 0. The fourth-order valence-electron chi connectivity index (χ4n) is 2.29. The van der Waals surface area contributed by atoms with E-state index in [4.69, 9.17) is 11.6 Å². The Balaban J connectivity index is 1.98. The van der Waals surface area contributed by atoms with Gasteiger partial charge >= 0.3 is 5.97 Å². The van der Waals surface area contributed by atoms with Gasteiger partial charge in [0.2, 0.25) is 5.91 Å². The molecule has 1 aliphatic heterocycles. The zero-order valence-electron chi connectivity index (χ0n) is 10.8. The summed E-state index contributed by atoms with van der Waals surface area (Å²) in [5.74, 6) is -0.173. The van der Waals surface area contributed by atoms with E-state index in [0.29, 0.717) is 18.0 Å². The Labute approximate surface area is 117 Å². The van der Waals surface area contributed by atoms with Crippen molar-refractivity contribution in [2.24, 2.45) is 0 Å². The maximum Gasteiger partial charge on any atom is 0.325 e. The highest BCUT2D eigenvalue weighted by atomic mass is 35.5. The van der Waals surface area contributed by atoms with Crippen molar-refractivity contribution in [2.75, 3.05) is 20.2 Å². The first-order chi connectivity index (χ1) is 9.10. The van der Waals surface area contributed by atoms with Crippen LogP contribution in [0.2, 0.25) is 5.02 Å². The van der Waals surface area contributed by atoms with Gasteiger partial charge in [0.05, 0.1) is 7.11 Å². The molecular weight excluding hydrogens is 266 g/mol. The molecule has 1 unspecified atom stereocenters. The minimum atomic E-state index is -0.377. The van der Waals surface area contributed by atoms with Gasteiger partial charge in [0.1, 0.15) is 6.54 Å².